The van der Waals surface area contributed by atoms with Gasteiger partial charge in [0.2, 0.25) is 11.3 Å². The molecule has 0 unspecified atom stereocenters. The third-order valence-electron chi connectivity index (χ3n) is 4.44. The number of rotatable bonds is 2. The van der Waals surface area contributed by atoms with Gasteiger partial charge in [-0.3, -0.25) is 9.59 Å². The average molecular weight is 331 g/mol. The van der Waals surface area contributed by atoms with Gasteiger partial charge in [0, 0.05) is 19.3 Å². The Morgan fingerprint density at radius 1 is 1.38 bits per heavy atom. The summed E-state index contributed by atoms with van der Waals surface area (Å²) in [5.74, 6) is -2.29. The first-order valence-electron chi connectivity index (χ1n) is 7.54. The van der Waals surface area contributed by atoms with E-state index < -0.39 is 22.8 Å². The molecule has 8 heteroatoms. The molecule has 1 fully saturated rings. The minimum Gasteiger partial charge on any atom is -0.477 e. The molecule has 1 aliphatic heterocycles. The van der Waals surface area contributed by atoms with E-state index in [9.17, 15) is 19.5 Å². The Kier molecular flexibility index (Phi) is 2.93. The molecule has 0 radical (unpaired) electrons. The SMILES string of the molecule is CN1CC(=O)Nc2cc3c(=O)c(C(=O)O)cn(C4CC4)c3c(F)c21. The molecule has 1 aromatic heterocycles. The predicted molar refractivity (Wildman–Crippen MR) is 85.3 cm³/mol. The van der Waals surface area contributed by atoms with Crippen LogP contribution >= 0.6 is 0 Å². The summed E-state index contributed by atoms with van der Waals surface area (Å²) in [4.78, 5) is 37.0. The Balaban J connectivity index is 2.14. The number of anilines is 2. The number of hydrogen-bond acceptors (Lipinski definition) is 4. The van der Waals surface area contributed by atoms with E-state index in [1.54, 1.807) is 11.6 Å². The molecule has 1 amide bonds. The standard InChI is InChI=1S/C16H14FN3O4/c1-19-6-11(21)18-10-4-8-13(12(17)14(10)19)20(7-2-3-7)5-9(15(8)22)16(23)24/h4-5,7H,2-3,6H2,1H3,(H,18,21)(H,23,24). The van der Waals surface area contributed by atoms with Crippen LogP contribution in [0.5, 0.6) is 0 Å². The number of halogens is 1. The number of fused-ring (bicyclic) bond motifs is 2. The lowest BCUT2D eigenvalue weighted by molar-refractivity contribution is -0.115. The van der Waals surface area contributed by atoms with Gasteiger partial charge in [0.15, 0.2) is 5.82 Å². The van der Waals surface area contributed by atoms with Crippen molar-refractivity contribution in [3.63, 3.8) is 0 Å². The first-order chi connectivity index (χ1) is 11.4. The normalized spacial score (nSPS) is 16.9. The number of benzene rings is 1. The van der Waals surface area contributed by atoms with Crippen molar-refractivity contribution in [1.29, 1.82) is 0 Å². The van der Waals surface area contributed by atoms with Gasteiger partial charge in [0.05, 0.1) is 28.8 Å². The molecule has 2 N–H and O–H groups in total. The van der Waals surface area contributed by atoms with Crippen molar-refractivity contribution in [2.45, 2.75) is 18.9 Å². The largest absolute Gasteiger partial charge is 0.477 e. The number of aromatic nitrogens is 1. The van der Waals surface area contributed by atoms with Gasteiger partial charge in [-0.05, 0) is 18.9 Å². The number of amides is 1. The van der Waals surface area contributed by atoms with Crippen LogP contribution < -0.4 is 15.6 Å². The summed E-state index contributed by atoms with van der Waals surface area (Å²) in [6.45, 7) is 0.0102. The lowest BCUT2D eigenvalue weighted by atomic mass is 10.1. The van der Waals surface area contributed by atoms with E-state index in [1.807, 2.05) is 0 Å². The van der Waals surface area contributed by atoms with Crippen LogP contribution in [0.15, 0.2) is 17.1 Å². The summed E-state index contributed by atoms with van der Waals surface area (Å²) >= 11 is 0. The molecule has 2 heterocycles. The average Bonchev–Trinajstić information content (AvgIpc) is 3.31. The maximum Gasteiger partial charge on any atom is 0.341 e. The molecular weight excluding hydrogens is 317 g/mol. The van der Waals surface area contributed by atoms with E-state index >= 15 is 4.39 Å². The van der Waals surface area contributed by atoms with Gasteiger partial charge in [-0.2, -0.15) is 0 Å². The summed E-state index contributed by atoms with van der Waals surface area (Å²) in [6, 6.07) is 1.36. The Morgan fingerprint density at radius 2 is 2.08 bits per heavy atom. The number of nitrogens with zero attached hydrogens (tertiary/aromatic N) is 2. The van der Waals surface area contributed by atoms with Crippen molar-refractivity contribution < 1.29 is 19.1 Å². The Labute approximate surface area is 135 Å². The van der Waals surface area contributed by atoms with Crippen LogP contribution in [0.1, 0.15) is 29.2 Å². The maximum atomic E-state index is 15.2. The quantitative estimate of drug-likeness (QED) is 0.871. The molecule has 1 saturated carbocycles. The van der Waals surface area contributed by atoms with Crippen molar-refractivity contribution in [2.75, 3.05) is 23.8 Å². The number of pyridine rings is 1. The number of aromatic carboxylic acids is 1. The lowest BCUT2D eigenvalue weighted by Gasteiger charge is -2.29. The van der Waals surface area contributed by atoms with Crippen molar-refractivity contribution in [1.82, 2.24) is 4.57 Å². The van der Waals surface area contributed by atoms with E-state index in [0.29, 0.717) is 0 Å². The summed E-state index contributed by atoms with van der Waals surface area (Å²) in [5.41, 5.74) is -0.670. The van der Waals surface area contributed by atoms with Crippen LogP contribution in [0.25, 0.3) is 10.9 Å². The molecule has 0 atom stereocenters. The van der Waals surface area contributed by atoms with Gasteiger partial charge in [-0.25, -0.2) is 9.18 Å². The summed E-state index contributed by atoms with van der Waals surface area (Å²) in [6.07, 6.45) is 2.84. The number of carbonyl (C=O) groups excluding carboxylic acids is 1. The van der Waals surface area contributed by atoms with E-state index in [2.05, 4.69) is 5.32 Å². The van der Waals surface area contributed by atoms with Crippen molar-refractivity contribution in [3.05, 3.63) is 33.9 Å². The maximum absolute atomic E-state index is 15.2. The zero-order chi connectivity index (χ0) is 17.2. The van der Waals surface area contributed by atoms with Gasteiger partial charge in [0.25, 0.3) is 0 Å². The third kappa shape index (κ3) is 1.99. The minimum atomic E-state index is -1.35. The van der Waals surface area contributed by atoms with Crippen LogP contribution in [0.3, 0.4) is 0 Å². The Morgan fingerprint density at radius 3 is 2.71 bits per heavy atom. The highest BCUT2D eigenvalue weighted by atomic mass is 19.1. The Bertz CT molecular complexity index is 978. The second kappa shape index (κ2) is 4.80. The molecule has 0 saturated heterocycles. The fraction of sp³-hybridized carbons (Fsp3) is 0.312. The molecule has 1 aliphatic carbocycles. The fourth-order valence-electron chi connectivity index (χ4n) is 3.21. The van der Waals surface area contributed by atoms with Crippen LogP contribution in [0.2, 0.25) is 0 Å². The van der Waals surface area contributed by atoms with Gasteiger partial charge in [0.1, 0.15) is 5.56 Å². The van der Waals surface area contributed by atoms with E-state index in [0.717, 1.165) is 12.8 Å². The molecular formula is C16H14FN3O4. The summed E-state index contributed by atoms with van der Waals surface area (Å²) in [5, 5.41) is 11.8. The third-order valence-corrected chi connectivity index (χ3v) is 4.44. The van der Waals surface area contributed by atoms with Gasteiger partial charge < -0.3 is 19.9 Å². The van der Waals surface area contributed by atoms with Crippen LogP contribution in [-0.4, -0.2) is 35.1 Å². The molecule has 0 bridgehead atoms. The molecule has 24 heavy (non-hydrogen) atoms. The first kappa shape index (κ1) is 14.7. The molecule has 2 aliphatic rings. The van der Waals surface area contributed by atoms with Crippen LogP contribution in [0, 0.1) is 5.82 Å². The highest BCUT2D eigenvalue weighted by Crippen LogP contribution is 2.41. The van der Waals surface area contributed by atoms with E-state index in [-0.39, 0.29) is 40.8 Å². The van der Waals surface area contributed by atoms with E-state index in [4.69, 9.17) is 0 Å². The van der Waals surface area contributed by atoms with Crippen molar-refractivity contribution in [3.8, 4) is 0 Å². The molecule has 7 nitrogen and oxygen atoms in total. The zero-order valence-electron chi connectivity index (χ0n) is 12.8. The summed E-state index contributed by atoms with van der Waals surface area (Å²) in [7, 11) is 1.59. The number of nitrogens with one attached hydrogen (secondary N) is 1. The smallest absolute Gasteiger partial charge is 0.341 e. The minimum absolute atomic E-state index is 0.0102. The van der Waals surface area contributed by atoms with Crippen LogP contribution in [0.4, 0.5) is 15.8 Å². The second-order valence-electron chi connectivity index (χ2n) is 6.20. The fourth-order valence-corrected chi connectivity index (χ4v) is 3.21. The number of carbonyl (C=O) groups is 2. The molecule has 1 aromatic carbocycles. The predicted octanol–water partition coefficient (Wildman–Crippen LogP) is 1.56. The first-order valence-corrected chi connectivity index (χ1v) is 7.54. The summed E-state index contributed by atoms with van der Waals surface area (Å²) < 4.78 is 16.7. The van der Waals surface area contributed by atoms with Crippen molar-refractivity contribution in [2.24, 2.45) is 0 Å². The molecule has 2 aromatic rings. The van der Waals surface area contributed by atoms with Crippen LogP contribution in [-0.2, 0) is 4.79 Å². The Hall–Kier alpha value is -2.90. The topological polar surface area (TPSA) is 91.6 Å². The monoisotopic (exact) mass is 331 g/mol. The second-order valence-corrected chi connectivity index (χ2v) is 6.20. The highest BCUT2D eigenvalue weighted by Gasteiger charge is 2.32. The molecule has 124 valence electrons. The molecule has 4 rings (SSSR count). The zero-order valence-corrected chi connectivity index (χ0v) is 12.8. The number of hydrogen-bond donors (Lipinski definition) is 2. The van der Waals surface area contributed by atoms with Gasteiger partial charge in [-0.15, -0.1) is 0 Å². The van der Waals surface area contributed by atoms with Gasteiger partial charge in [-0.1, -0.05) is 0 Å². The highest BCUT2D eigenvalue weighted by molar-refractivity contribution is 6.05. The number of carboxylic acid groups (broad SMARTS) is 1. The van der Waals surface area contributed by atoms with Crippen molar-refractivity contribution >= 4 is 34.2 Å². The molecule has 0 spiro atoms. The number of carboxylic acids is 1. The van der Waals surface area contributed by atoms with E-state index in [1.165, 1.54) is 17.2 Å². The number of likely N-dealkylation sites (N-methyl/N-ethyl adjacent to an activating group) is 1. The van der Waals surface area contributed by atoms with Gasteiger partial charge >= 0.3 is 5.97 Å². The lowest BCUT2D eigenvalue weighted by Crippen LogP contribution is -2.36.